The molecular weight excluding hydrogens is 624 g/mol. The van der Waals surface area contributed by atoms with Crippen LogP contribution in [0.1, 0.15) is 75.5 Å². The smallest absolute Gasteiger partial charge is 0.410 e. The van der Waals surface area contributed by atoms with Crippen LogP contribution in [0.25, 0.3) is 10.9 Å². The fourth-order valence-corrected chi connectivity index (χ4v) is 5.84. The molecule has 2 aliphatic rings. The summed E-state index contributed by atoms with van der Waals surface area (Å²) in [6.07, 6.45) is 5.80. The monoisotopic (exact) mass is 666 g/mol. The first-order chi connectivity index (χ1) is 23.5. The van der Waals surface area contributed by atoms with E-state index in [4.69, 9.17) is 19.4 Å². The zero-order valence-electron chi connectivity index (χ0n) is 28.4. The molecule has 0 spiro atoms. The third-order valence-electron chi connectivity index (χ3n) is 8.37. The van der Waals surface area contributed by atoms with Gasteiger partial charge in [0.05, 0.1) is 23.1 Å². The van der Waals surface area contributed by atoms with E-state index in [9.17, 15) is 14.4 Å². The lowest BCUT2D eigenvalue weighted by Gasteiger charge is -2.29. The summed E-state index contributed by atoms with van der Waals surface area (Å²) < 4.78 is 11.3. The highest BCUT2D eigenvalue weighted by atomic mass is 16.6. The third-order valence-corrected chi connectivity index (χ3v) is 8.37. The highest BCUT2D eigenvalue weighted by Gasteiger charge is 2.28. The number of nitrogens with one attached hydrogen (secondary N) is 1. The molecule has 6 rings (SSSR count). The van der Waals surface area contributed by atoms with Crippen molar-refractivity contribution < 1.29 is 23.9 Å². The average molecular weight is 667 g/mol. The number of carbonyl (C=O) groups excluding carboxylic acids is 3. The van der Waals surface area contributed by atoms with Crippen LogP contribution in [0.4, 0.5) is 28.1 Å². The van der Waals surface area contributed by atoms with E-state index in [0.717, 1.165) is 43.6 Å². The Bertz CT molecular complexity index is 1810. The van der Waals surface area contributed by atoms with Crippen molar-refractivity contribution in [1.82, 2.24) is 24.8 Å². The molecule has 1 unspecified atom stereocenters. The molecule has 2 saturated heterocycles. The Balaban J connectivity index is 1.19. The molecule has 256 valence electrons. The molecule has 0 saturated carbocycles. The topological polar surface area (TPSA) is 143 Å². The lowest BCUT2D eigenvalue weighted by atomic mass is 10.1. The van der Waals surface area contributed by atoms with Crippen molar-refractivity contribution in [1.29, 1.82) is 0 Å². The zero-order chi connectivity index (χ0) is 34.5. The van der Waals surface area contributed by atoms with Crippen molar-refractivity contribution in [2.45, 2.75) is 65.1 Å². The summed E-state index contributed by atoms with van der Waals surface area (Å²) in [6, 6.07) is 14.3. The van der Waals surface area contributed by atoms with Crippen LogP contribution >= 0.6 is 0 Å². The molecule has 13 heteroatoms. The SMILES string of the molecule is CC(OC(=O)c1ccccc1)c1cc2cnc(Nc3ccc(N4CCN(C(=O)OC(C)(C)C)CCC4=O)cn3)nc2c(N2CCCCC2)n1. The fraction of sp³-hybridized carbons (Fsp3) is 0.417. The van der Waals surface area contributed by atoms with Gasteiger partial charge in [-0.05, 0) is 77.3 Å². The Kier molecular flexibility index (Phi) is 9.88. The first-order valence-electron chi connectivity index (χ1n) is 16.7. The Morgan fingerprint density at radius 2 is 1.67 bits per heavy atom. The van der Waals surface area contributed by atoms with Gasteiger partial charge in [-0.25, -0.2) is 29.5 Å². The van der Waals surface area contributed by atoms with Gasteiger partial charge in [-0.3, -0.25) is 4.79 Å². The first kappa shape index (κ1) is 33.6. The van der Waals surface area contributed by atoms with Gasteiger partial charge in [-0.15, -0.1) is 0 Å². The maximum absolute atomic E-state index is 13.0. The van der Waals surface area contributed by atoms with Crippen LogP contribution in [0, 0.1) is 0 Å². The van der Waals surface area contributed by atoms with Gasteiger partial charge < -0.3 is 29.5 Å². The van der Waals surface area contributed by atoms with E-state index in [1.54, 1.807) is 52.5 Å². The highest BCUT2D eigenvalue weighted by molar-refractivity contribution is 5.94. The van der Waals surface area contributed by atoms with Crippen LogP contribution < -0.4 is 15.1 Å². The van der Waals surface area contributed by atoms with Crippen LogP contribution in [-0.2, 0) is 14.3 Å². The summed E-state index contributed by atoms with van der Waals surface area (Å²) in [5.41, 5.74) is 1.81. The van der Waals surface area contributed by atoms with Crippen LogP contribution in [0.15, 0.2) is 60.9 Å². The second-order valence-electron chi connectivity index (χ2n) is 13.3. The largest absolute Gasteiger partial charge is 0.453 e. The van der Waals surface area contributed by atoms with Crippen molar-refractivity contribution >= 4 is 52.1 Å². The molecule has 0 bridgehead atoms. The Morgan fingerprint density at radius 3 is 2.39 bits per heavy atom. The minimum atomic E-state index is -0.610. The van der Waals surface area contributed by atoms with Crippen molar-refractivity contribution in [3.63, 3.8) is 0 Å². The van der Waals surface area contributed by atoms with Gasteiger partial charge >= 0.3 is 12.1 Å². The van der Waals surface area contributed by atoms with E-state index in [2.05, 4.69) is 20.2 Å². The highest BCUT2D eigenvalue weighted by Crippen LogP contribution is 2.31. The van der Waals surface area contributed by atoms with Gasteiger partial charge in [0.15, 0.2) is 5.82 Å². The minimum Gasteiger partial charge on any atom is -0.453 e. The van der Waals surface area contributed by atoms with E-state index in [1.807, 2.05) is 45.9 Å². The number of piperidine rings is 1. The average Bonchev–Trinajstić information content (AvgIpc) is 3.29. The maximum atomic E-state index is 13.0. The molecule has 4 aromatic rings. The summed E-state index contributed by atoms with van der Waals surface area (Å²) in [5.74, 6) is 1.08. The minimum absolute atomic E-state index is 0.0901. The first-order valence-corrected chi connectivity index (χ1v) is 16.7. The van der Waals surface area contributed by atoms with E-state index < -0.39 is 23.8 Å². The van der Waals surface area contributed by atoms with Crippen molar-refractivity contribution in [3.8, 4) is 0 Å². The summed E-state index contributed by atoms with van der Waals surface area (Å²) in [5, 5.41) is 3.96. The van der Waals surface area contributed by atoms with Gasteiger partial charge in [0.25, 0.3) is 0 Å². The second-order valence-corrected chi connectivity index (χ2v) is 13.3. The number of benzene rings is 1. The number of nitrogens with zero attached hydrogens (tertiary/aromatic N) is 7. The summed E-state index contributed by atoms with van der Waals surface area (Å²) in [7, 11) is 0. The number of ether oxygens (including phenoxy) is 2. The predicted molar refractivity (Wildman–Crippen MR) is 186 cm³/mol. The molecule has 13 nitrogen and oxygen atoms in total. The van der Waals surface area contributed by atoms with E-state index >= 15 is 0 Å². The number of rotatable bonds is 7. The molecule has 0 aliphatic carbocycles. The van der Waals surface area contributed by atoms with Gasteiger partial charge in [0.2, 0.25) is 11.9 Å². The van der Waals surface area contributed by atoms with Crippen LogP contribution in [0.5, 0.6) is 0 Å². The van der Waals surface area contributed by atoms with Crippen molar-refractivity contribution in [2.24, 2.45) is 0 Å². The number of carbonyl (C=O) groups is 3. The molecule has 2 fully saturated rings. The molecule has 1 atom stereocenters. The Hall–Kier alpha value is -5.33. The molecule has 49 heavy (non-hydrogen) atoms. The summed E-state index contributed by atoms with van der Waals surface area (Å²) in [4.78, 5) is 62.7. The number of anilines is 4. The number of aromatic nitrogens is 4. The second kappa shape index (κ2) is 14.4. The summed E-state index contributed by atoms with van der Waals surface area (Å²) >= 11 is 0. The Labute approximate surface area is 285 Å². The molecule has 1 aromatic carbocycles. The molecule has 3 aromatic heterocycles. The van der Waals surface area contributed by atoms with Crippen LogP contribution in [0.3, 0.4) is 0 Å². The molecule has 0 radical (unpaired) electrons. The molecule has 1 N–H and O–H groups in total. The summed E-state index contributed by atoms with van der Waals surface area (Å²) in [6.45, 7) is 9.96. The Morgan fingerprint density at radius 1 is 0.898 bits per heavy atom. The predicted octanol–water partition coefficient (Wildman–Crippen LogP) is 6.05. The van der Waals surface area contributed by atoms with Crippen molar-refractivity contribution in [2.75, 3.05) is 47.8 Å². The number of pyridine rings is 2. The third kappa shape index (κ3) is 8.22. The maximum Gasteiger partial charge on any atom is 0.410 e. The van der Waals surface area contributed by atoms with E-state index in [1.165, 1.54) is 0 Å². The van der Waals surface area contributed by atoms with Gasteiger partial charge in [-0.1, -0.05) is 18.2 Å². The lowest BCUT2D eigenvalue weighted by molar-refractivity contribution is -0.118. The van der Waals surface area contributed by atoms with Gasteiger partial charge in [0.1, 0.15) is 23.0 Å². The van der Waals surface area contributed by atoms with Crippen molar-refractivity contribution in [3.05, 3.63) is 72.2 Å². The van der Waals surface area contributed by atoms with Gasteiger partial charge in [-0.2, -0.15) is 0 Å². The molecule has 5 heterocycles. The normalized spacial score (nSPS) is 16.2. The number of fused-ring (bicyclic) bond motifs is 1. The lowest BCUT2D eigenvalue weighted by Crippen LogP contribution is -2.39. The standard InChI is InChI=1S/C36H42N8O5/c1-24(48-33(46)25-11-7-5-8-12-25)28-21-26-22-38-34(41-31(26)32(39-28)42-16-9-6-10-17-42)40-29-14-13-27(23-37-29)44-20-19-43(18-15-30(44)45)35(47)49-36(2,3)4/h5,7-8,11-14,21-24H,6,9-10,15-20H2,1-4H3,(H,37,38,40,41). The number of hydrogen-bond acceptors (Lipinski definition) is 11. The number of hydrogen-bond donors (Lipinski definition) is 1. The molecule has 2 aliphatic heterocycles. The van der Waals surface area contributed by atoms with Crippen LogP contribution in [-0.4, -0.2) is 81.1 Å². The fourth-order valence-electron chi connectivity index (χ4n) is 5.84. The zero-order valence-corrected chi connectivity index (χ0v) is 28.4. The molecular formula is C36H42N8O5. The number of esters is 1. The van der Waals surface area contributed by atoms with Gasteiger partial charge in [0, 0.05) is 50.7 Å². The van der Waals surface area contributed by atoms with Crippen LogP contribution in [0.2, 0.25) is 0 Å². The quantitative estimate of drug-likeness (QED) is 0.231. The van der Waals surface area contributed by atoms with E-state index in [0.29, 0.717) is 53.9 Å². The molecule has 2 amide bonds. The van der Waals surface area contributed by atoms with E-state index in [-0.39, 0.29) is 12.3 Å². The number of amides is 2.